The first-order chi connectivity index (χ1) is 11.0. The molecule has 0 saturated carbocycles. The normalized spacial score (nSPS) is 11.2. The second kappa shape index (κ2) is 7.49. The highest BCUT2D eigenvalue weighted by Gasteiger charge is 2.09. The minimum absolute atomic E-state index is 0.289. The second-order valence-electron chi connectivity index (χ2n) is 5.15. The molecule has 2 aromatic rings. The third-order valence-electron chi connectivity index (χ3n) is 3.49. The lowest BCUT2D eigenvalue weighted by molar-refractivity contribution is -0.132. The van der Waals surface area contributed by atoms with Crippen LogP contribution >= 0.6 is 0 Å². The van der Waals surface area contributed by atoms with E-state index in [9.17, 15) is 4.79 Å². The van der Waals surface area contributed by atoms with Crippen molar-refractivity contribution in [1.29, 1.82) is 0 Å². The molecule has 0 heterocycles. The Morgan fingerprint density at radius 3 is 2.70 bits per heavy atom. The summed E-state index contributed by atoms with van der Waals surface area (Å²) in [4.78, 5) is 11.0. The topological polar surface area (TPSA) is 58.6 Å². The number of carboxylic acids is 1. The summed E-state index contributed by atoms with van der Waals surface area (Å²) in [6.45, 7) is 4.05. The zero-order chi connectivity index (χ0) is 16.8. The van der Waals surface area contributed by atoms with Crippen LogP contribution in [0.1, 0.15) is 19.4 Å². The summed E-state index contributed by atoms with van der Waals surface area (Å²) >= 11 is 0. The van der Waals surface area contributed by atoms with E-state index in [-0.39, 0.29) is 5.57 Å². The van der Waals surface area contributed by atoms with E-state index in [0.717, 1.165) is 28.1 Å². The van der Waals surface area contributed by atoms with Gasteiger partial charge in [-0.25, -0.2) is 4.79 Å². The van der Waals surface area contributed by atoms with Gasteiger partial charge in [0.15, 0.2) is 0 Å². The number of carbonyl (C=O) groups is 1. The van der Waals surface area contributed by atoms with Crippen molar-refractivity contribution in [3.05, 3.63) is 53.6 Å². The van der Waals surface area contributed by atoms with E-state index >= 15 is 0 Å². The minimum atomic E-state index is -0.922. The molecule has 4 heteroatoms. The molecule has 120 valence electrons. The maximum Gasteiger partial charge on any atom is 0.331 e. The van der Waals surface area contributed by atoms with E-state index in [1.165, 1.54) is 0 Å². The van der Waals surface area contributed by atoms with Crippen LogP contribution in [-0.4, -0.2) is 24.7 Å². The summed E-state index contributed by atoms with van der Waals surface area (Å²) in [5.74, 6) is -0.179. The van der Waals surface area contributed by atoms with Gasteiger partial charge in [0.05, 0.1) is 6.61 Å². The van der Waals surface area contributed by atoms with Crippen LogP contribution in [0.2, 0.25) is 0 Å². The van der Waals surface area contributed by atoms with Crippen molar-refractivity contribution in [2.24, 2.45) is 0 Å². The minimum Gasteiger partial charge on any atom is -0.493 e. The predicted molar refractivity (Wildman–Crippen MR) is 93.9 cm³/mol. The number of rotatable bonds is 6. The number of anilines is 1. The smallest absolute Gasteiger partial charge is 0.331 e. The Balaban J connectivity index is 2.47. The molecule has 0 spiro atoms. The fourth-order valence-corrected chi connectivity index (χ4v) is 2.30. The fraction of sp³-hybridized carbons (Fsp3) is 0.211. The first-order valence-electron chi connectivity index (χ1n) is 7.51. The molecule has 0 radical (unpaired) electrons. The van der Waals surface area contributed by atoms with Crippen LogP contribution in [0, 0.1) is 0 Å². The molecule has 2 rings (SSSR count). The summed E-state index contributed by atoms with van der Waals surface area (Å²) in [5, 5.41) is 12.1. The van der Waals surface area contributed by atoms with Crippen molar-refractivity contribution in [3.63, 3.8) is 0 Å². The van der Waals surface area contributed by atoms with Gasteiger partial charge in [-0.2, -0.15) is 0 Å². The Hall–Kier alpha value is -2.75. The van der Waals surface area contributed by atoms with Crippen molar-refractivity contribution >= 4 is 17.7 Å². The predicted octanol–water partition coefficient (Wildman–Crippen LogP) is 4.28. The van der Waals surface area contributed by atoms with Gasteiger partial charge in [0.2, 0.25) is 0 Å². The Labute approximate surface area is 136 Å². The van der Waals surface area contributed by atoms with Gasteiger partial charge in [-0.05, 0) is 49.2 Å². The molecule has 0 atom stereocenters. The van der Waals surface area contributed by atoms with Crippen molar-refractivity contribution in [2.45, 2.75) is 13.8 Å². The molecule has 4 nitrogen and oxygen atoms in total. The third kappa shape index (κ3) is 4.13. The molecule has 2 aromatic carbocycles. The molecule has 0 fully saturated rings. The molecule has 0 amide bonds. The van der Waals surface area contributed by atoms with Gasteiger partial charge in [-0.3, -0.25) is 0 Å². The lowest BCUT2D eigenvalue weighted by Gasteiger charge is -2.12. The molecule has 2 N–H and O–H groups in total. The lowest BCUT2D eigenvalue weighted by Crippen LogP contribution is -1.97. The maximum absolute atomic E-state index is 11.0. The molecular formula is C19H21NO3. The van der Waals surface area contributed by atoms with Crippen LogP contribution < -0.4 is 10.1 Å². The number of hydrogen-bond acceptors (Lipinski definition) is 3. The first-order valence-corrected chi connectivity index (χ1v) is 7.51. The van der Waals surface area contributed by atoms with E-state index in [2.05, 4.69) is 11.4 Å². The highest BCUT2D eigenvalue weighted by molar-refractivity contribution is 5.91. The highest BCUT2D eigenvalue weighted by Crippen LogP contribution is 2.33. The lowest BCUT2D eigenvalue weighted by atomic mass is 10.0. The Morgan fingerprint density at radius 1 is 1.26 bits per heavy atom. The van der Waals surface area contributed by atoms with Crippen LogP contribution in [0.5, 0.6) is 5.75 Å². The third-order valence-corrected chi connectivity index (χ3v) is 3.49. The molecule has 0 bridgehead atoms. The summed E-state index contributed by atoms with van der Waals surface area (Å²) < 4.78 is 5.75. The van der Waals surface area contributed by atoms with E-state index in [1.54, 1.807) is 13.0 Å². The summed E-state index contributed by atoms with van der Waals surface area (Å²) in [6.07, 6.45) is 1.64. The molecule has 0 unspecified atom stereocenters. The van der Waals surface area contributed by atoms with E-state index < -0.39 is 5.97 Å². The maximum atomic E-state index is 11.0. The molecule has 0 aliphatic heterocycles. The zero-order valence-corrected chi connectivity index (χ0v) is 13.6. The Kier molecular flexibility index (Phi) is 5.41. The van der Waals surface area contributed by atoms with Crippen molar-refractivity contribution in [3.8, 4) is 16.9 Å². The Morgan fingerprint density at radius 2 is 2.04 bits per heavy atom. The second-order valence-corrected chi connectivity index (χ2v) is 5.15. The van der Waals surface area contributed by atoms with Crippen LogP contribution in [0.25, 0.3) is 17.2 Å². The monoisotopic (exact) mass is 311 g/mol. The molecular weight excluding hydrogens is 290 g/mol. The van der Waals surface area contributed by atoms with E-state index in [0.29, 0.717) is 6.61 Å². The summed E-state index contributed by atoms with van der Waals surface area (Å²) in [5.41, 5.74) is 4.15. The van der Waals surface area contributed by atoms with Gasteiger partial charge >= 0.3 is 5.97 Å². The molecule has 0 aliphatic carbocycles. The molecule has 0 aromatic heterocycles. The van der Waals surface area contributed by atoms with Gasteiger partial charge in [-0.1, -0.05) is 24.3 Å². The Bertz CT molecular complexity index is 735. The largest absolute Gasteiger partial charge is 0.493 e. The van der Waals surface area contributed by atoms with Crippen molar-refractivity contribution < 1.29 is 14.6 Å². The average Bonchev–Trinajstić information content (AvgIpc) is 2.55. The van der Waals surface area contributed by atoms with E-state index in [4.69, 9.17) is 9.84 Å². The molecule has 0 saturated heterocycles. The van der Waals surface area contributed by atoms with Gasteiger partial charge in [-0.15, -0.1) is 0 Å². The van der Waals surface area contributed by atoms with Crippen LogP contribution in [0.3, 0.4) is 0 Å². The quantitative estimate of drug-likeness (QED) is 0.782. The van der Waals surface area contributed by atoms with E-state index in [1.807, 2.05) is 50.4 Å². The SMILES string of the molecule is CCOc1cc(C=C(C)C(=O)O)ccc1-c1cccc(NC)c1. The number of nitrogens with one attached hydrogen (secondary N) is 1. The summed E-state index contributed by atoms with van der Waals surface area (Å²) in [7, 11) is 1.88. The van der Waals surface area contributed by atoms with Crippen molar-refractivity contribution in [1.82, 2.24) is 0 Å². The highest BCUT2D eigenvalue weighted by atomic mass is 16.5. The molecule has 23 heavy (non-hydrogen) atoms. The van der Waals surface area contributed by atoms with Gasteiger partial charge in [0, 0.05) is 23.9 Å². The number of ether oxygens (including phenoxy) is 1. The first kappa shape index (κ1) is 16.6. The number of aliphatic carboxylic acids is 1. The zero-order valence-electron chi connectivity index (χ0n) is 13.6. The van der Waals surface area contributed by atoms with Crippen LogP contribution in [0.4, 0.5) is 5.69 Å². The van der Waals surface area contributed by atoms with Gasteiger partial charge in [0.1, 0.15) is 5.75 Å². The van der Waals surface area contributed by atoms with Gasteiger partial charge in [0.25, 0.3) is 0 Å². The standard InChI is InChI=1S/C19H21NO3/c1-4-23-18-11-14(10-13(2)19(21)22)8-9-17(18)15-6-5-7-16(12-15)20-3/h5-12,20H,4H2,1-3H3,(H,21,22). The fourth-order valence-electron chi connectivity index (χ4n) is 2.30. The van der Waals surface area contributed by atoms with Crippen LogP contribution in [-0.2, 0) is 4.79 Å². The van der Waals surface area contributed by atoms with Gasteiger partial charge < -0.3 is 15.2 Å². The summed E-state index contributed by atoms with van der Waals surface area (Å²) in [6, 6.07) is 13.8. The van der Waals surface area contributed by atoms with Crippen molar-refractivity contribution in [2.75, 3.05) is 19.0 Å². The van der Waals surface area contributed by atoms with Crippen LogP contribution in [0.15, 0.2) is 48.0 Å². The number of hydrogen-bond donors (Lipinski definition) is 2. The number of benzene rings is 2. The number of carboxylic acid groups (broad SMARTS) is 1. The average molecular weight is 311 g/mol. The molecule has 0 aliphatic rings.